The van der Waals surface area contributed by atoms with Gasteiger partial charge in [-0.05, 0) is 19.1 Å². The Morgan fingerprint density at radius 2 is 1.89 bits per heavy atom. The fourth-order valence-electron chi connectivity index (χ4n) is 1.95. The number of nitrogens with two attached hydrogens (primary N) is 1. The van der Waals surface area contributed by atoms with E-state index in [1.807, 2.05) is 19.1 Å². The molecule has 0 atom stereocenters. The second kappa shape index (κ2) is 8.29. The summed E-state index contributed by atoms with van der Waals surface area (Å²) in [5, 5.41) is 8.67. The highest BCUT2D eigenvalue weighted by molar-refractivity contribution is 7.99. The normalized spacial score (nSPS) is 11.3. The van der Waals surface area contributed by atoms with Crippen LogP contribution in [0.25, 0.3) is 0 Å². The molecule has 0 radical (unpaired) electrons. The highest BCUT2D eigenvalue weighted by Crippen LogP contribution is 2.28. The molecule has 12 heteroatoms. The third-order valence-electron chi connectivity index (χ3n) is 3.38. The van der Waals surface area contributed by atoms with Crippen LogP contribution in [-0.2, 0) is 15.8 Å². The van der Waals surface area contributed by atoms with E-state index in [1.165, 1.54) is 7.05 Å². The van der Waals surface area contributed by atoms with E-state index in [-0.39, 0.29) is 22.1 Å². The first kappa shape index (κ1) is 20.6. The first-order valence-electron chi connectivity index (χ1n) is 7.59. The zero-order valence-corrected chi connectivity index (χ0v) is 15.3. The van der Waals surface area contributed by atoms with Crippen molar-refractivity contribution >= 4 is 29.3 Å². The summed E-state index contributed by atoms with van der Waals surface area (Å²) in [6.07, 6.45) is -4.74. The number of thioether (sulfide) groups is 1. The van der Waals surface area contributed by atoms with Crippen molar-refractivity contribution < 1.29 is 22.8 Å². The number of anilines is 1. The minimum Gasteiger partial charge on any atom is -0.336 e. The van der Waals surface area contributed by atoms with Crippen molar-refractivity contribution in [2.45, 2.75) is 18.3 Å². The van der Waals surface area contributed by atoms with Gasteiger partial charge in [-0.15, -0.1) is 10.2 Å². The lowest BCUT2D eigenvalue weighted by atomic mass is 10.2. The fraction of sp³-hybridized carbons (Fsp3) is 0.333. The molecular formula is C15H17F3N6O2S. The SMILES string of the molecule is Cc1ccc(NC(=O)CN(C)C(=O)CSc2nnc(C(F)(F)F)n2N)cc1. The summed E-state index contributed by atoms with van der Waals surface area (Å²) in [5.41, 5.74) is 1.63. The summed E-state index contributed by atoms with van der Waals surface area (Å²) >= 11 is 0.695. The summed E-state index contributed by atoms with van der Waals surface area (Å²) in [5.74, 6) is 2.81. The number of nitrogens with one attached hydrogen (secondary N) is 1. The molecule has 0 aliphatic heterocycles. The maximum atomic E-state index is 12.6. The maximum absolute atomic E-state index is 12.6. The molecule has 0 saturated carbocycles. The largest absolute Gasteiger partial charge is 0.453 e. The first-order valence-corrected chi connectivity index (χ1v) is 8.57. The van der Waals surface area contributed by atoms with E-state index >= 15 is 0 Å². The van der Waals surface area contributed by atoms with Gasteiger partial charge in [0.15, 0.2) is 0 Å². The first-order chi connectivity index (χ1) is 12.6. The van der Waals surface area contributed by atoms with E-state index in [0.717, 1.165) is 10.5 Å². The molecule has 1 heterocycles. The third kappa shape index (κ3) is 5.61. The molecule has 1 aromatic carbocycles. The maximum Gasteiger partial charge on any atom is 0.453 e. The molecule has 0 saturated heterocycles. The molecule has 0 spiro atoms. The molecule has 0 unspecified atom stereocenters. The van der Waals surface area contributed by atoms with Crippen molar-refractivity contribution in [1.29, 1.82) is 0 Å². The van der Waals surface area contributed by atoms with Crippen LogP contribution >= 0.6 is 11.8 Å². The summed E-state index contributed by atoms with van der Waals surface area (Å²) in [6.45, 7) is 1.70. The van der Waals surface area contributed by atoms with E-state index < -0.39 is 23.8 Å². The molecule has 2 aromatic rings. The molecule has 146 valence electrons. The lowest BCUT2D eigenvalue weighted by Gasteiger charge is -2.16. The number of rotatable bonds is 6. The number of halogens is 3. The Labute approximate surface area is 156 Å². The van der Waals surface area contributed by atoms with Crippen molar-refractivity contribution in [1.82, 2.24) is 19.8 Å². The molecule has 0 fully saturated rings. The molecule has 1 aromatic heterocycles. The minimum atomic E-state index is -4.74. The van der Waals surface area contributed by atoms with E-state index in [0.29, 0.717) is 17.4 Å². The molecule has 0 aliphatic rings. The monoisotopic (exact) mass is 402 g/mol. The molecule has 2 rings (SSSR count). The number of carbonyl (C=O) groups excluding carboxylic acids is 2. The number of benzene rings is 1. The van der Waals surface area contributed by atoms with Gasteiger partial charge >= 0.3 is 6.18 Å². The summed E-state index contributed by atoms with van der Waals surface area (Å²) in [7, 11) is 1.41. The minimum absolute atomic E-state index is 0.212. The zero-order chi connectivity index (χ0) is 20.2. The molecule has 0 bridgehead atoms. The van der Waals surface area contributed by atoms with E-state index in [2.05, 4.69) is 15.5 Å². The fourth-order valence-corrected chi connectivity index (χ4v) is 2.74. The van der Waals surface area contributed by atoms with Crippen molar-refractivity contribution in [3.05, 3.63) is 35.7 Å². The van der Waals surface area contributed by atoms with Crippen molar-refractivity contribution in [3.8, 4) is 0 Å². The van der Waals surface area contributed by atoms with E-state index in [1.54, 1.807) is 12.1 Å². The van der Waals surface area contributed by atoms with E-state index in [4.69, 9.17) is 5.84 Å². The molecule has 3 N–H and O–H groups in total. The number of nitrogen functional groups attached to an aromatic ring is 1. The molecule has 8 nitrogen and oxygen atoms in total. The lowest BCUT2D eigenvalue weighted by Crippen LogP contribution is -2.36. The van der Waals surface area contributed by atoms with Gasteiger partial charge in [0.1, 0.15) is 0 Å². The van der Waals surface area contributed by atoms with Gasteiger partial charge < -0.3 is 16.1 Å². The van der Waals surface area contributed by atoms with Crippen LogP contribution < -0.4 is 11.2 Å². The van der Waals surface area contributed by atoms with Crippen LogP contribution in [-0.4, -0.2) is 50.9 Å². The van der Waals surface area contributed by atoms with Crippen molar-refractivity contribution in [2.75, 3.05) is 30.5 Å². The average Bonchev–Trinajstić information content (AvgIpc) is 2.95. The van der Waals surface area contributed by atoms with Crippen molar-refractivity contribution in [3.63, 3.8) is 0 Å². The number of carbonyl (C=O) groups is 2. The van der Waals surface area contributed by atoms with Crippen LogP contribution in [0.2, 0.25) is 0 Å². The van der Waals surface area contributed by atoms with Gasteiger partial charge in [0.05, 0.1) is 12.3 Å². The smallest absolute Gasteiger partial charge is 0.336 e. The van der Waals surface area contributed by atoms with Crippen LogP contribution in [0.3, 0.4) is 0 Å². The Hall–Kier alpha value is -2.76. The summed E-state index contributed by atoms with van der Waals surface area (Å²) in [6, 6.07) is 7.13. The Kier molecular flexibility index (Phi) is 6.31. The molecule has 27 heavy (non-hydrogen) atoms. The topological polar surface area (TPSA) is 106 Å². The molecular weight excluding hydrogens is 385 g/mol. The van der Waals surface area contributed by atoms with E-state index in [9.17, 15) is 22.8 Å². The number of aryl methyl sites for hydroxylation is 1. The Morgan fingerprint density at radius 1 is 1.26 bits per heavy atom. The summed E-state index contributed by atoms with van der Waals surface area (Å²) in [4.78, 5) is 25.2. The van der Waals surface area contributed by atoms with Gasteiger partial charge in [0, 0.05) is 12.7 Å². The Bertz CT molecular complexity index is 822. The average molecular weight is 402 g/mol. The van der Waals surface area contributed by atoms with Crippen LogP contribution in [0.4, 0.5) is 18.9 Å². The Balaban J connectivity index is 1.86. The summed E-state index contributed by atoms with van der Waals surface area (Å²) < 4.78 is 38.1. The van der Waals surface area contributed by atoms with Crippen LogP contribution in [0.1, 0.15) is 11.4 Å². The van der Waals surface area contributed by atoms with Crippen molar-refractivity contribution in [2.24, 2.45) is 0 Å². The third-order valence-corrected chi connectivity index (χ3v) is 4.31. The number of amides is 2. The predicted molar refractivity (Wildman–Crippen MR) is 93.3 cm³/mol. The van der Waals surface area contributed by atoms with Gasteiger partial charge in [-0.2, -0.15) is 13.2 Å². The molecule has 2 amide bonds. The van der Waals surface area contributed by atoms with Crippen LogP contribution in [0.5, 0.6) is 0 Å². The van der Waals surface area contributed by atoms with Crippen LogP contribution in [0.15, 0.2) is 29.4 Å². The second-order valence-corrected chi connectivity index (χ2v) is 6.57. The number of alkyl halides is 3. The standard InChI is InChI=1S/C15H17F3N6O2S/c1-9-3-5-10(6-4-9)20-11(25)7-23(2)12(26)8-27-14-22-21-13(24(14)19)15(16,17)18/h3-6H,7-8,19H2,1-2H3,(H,20,25). The quantitative estimate of drug-likeness (QED) is 0.560. The van der Waals surface area contributed by atoms with Gasteiger partial charge in [0.2, 0.25) is 17.0 Å². The highest BCUT2D eigenvalue weighted by atomic mass is 32.2. The predicted octanol–water partition coefficient (Wildman–Crippen LogP) is 1.51. The number of hydrogen-bond acceptors (Lipinski definition) is 6. The van der Waals surface area contributed by atoms with Gasteiger partial charge in [-0.1, -0.05) is 29.5 Å². The molecule has 0 aliphatic carbocycles. The van der Waals surface area contributed by atoms with Crippen LogP contribution in [0, 0.1) is 6.92 Å². The second-order valence-electron chi connectivity index (χ2n) is 5.63. The number of nitrogens with zero attached hydrogens (tertiary/aromatic N) is 4. The highest BCUT2D eigenvalue weighted by Gasteiger charge is 2.38. The van der Waals surface area contributed by atoms with Gasteiger partial charge in [-0.3, -0.25) is 9.59 Å². The number of likely N-dealkylation sites (N-methyl/N-ethyl adjacent to an activating group) is 1. The van der Waals surface area contributed by atoms with Gasteiger partial charge in [0.25, 0.3) is 5.82 Å². The van der Waals surface area contributed by atoms with Gasteiger partial charge in [-0.25, -0.2) is 4.68 Å². The zero-order valence-electron chi connectivity index (χ0n) is 14.4. The lowest BCUT2D eigenvalue weighted by molar-refractivity contribution is -0.146. The number of hydrogen-bond donors (Lipinski definition) is 2. The Morgan fingerprint density at radius 3 is 2.44 bits per heavy atom. The number of aromatic nitrogens is 3.